The zero-order valence-electron chi connectivity index (χ0n) is 16.0. The molecule has 0 aliphatic carbocycles. The molecule has 0 bridgehead atoms. The van der Waals surface area contributed by atoms with Gasteiger partial charge < -0.3 is 14.4 Å². The van der Waals surface area contributed by atoms with Crippen molar-refractivity contribution in [1.82, 2.24) is 14.4 Å². The minimum absolute atomic E-state index is 0.0420. The molecule has 1 aliphatic heterocycles. The van der Waals surface area contributed by atoms with Gasteiger partial charge in [-0.3, -0.25) is 9.59 Å². The Labute approximate surface area is 159 Å². The summed E-state index contributed by atoms with van der Waals surface area (Å²) in [6.07, 6.45) is 1.49. The fourth-order valence-electron chi connectivity index (χ4n) is 3.68. The largest absolute Gasteiger partial charge is 0.349 e. The SMILES string of the molecule is Cc1cc(C(=O)N2CCC(C(=O)N(C)C)CC2)c(C)n1Cc1cccs1. The second-order valence-corrected chi connectivity index (χ2v) is 8.28. The van der Waals surface area contributed by atoms with Crippen LogP contribution >= 0.6 is 11.3 Å². The number of hydrogen-bond donors (Lipinski definition) is 0. The van der Waals surface area contributed by atoms with Gasteiger partial charge in [0.15, 0.2) is 0 Å². The summed E-state index contributed by atoms with van der Waals surface area (Å²) in [5.74, 6) is 0.304. The first-order valence-corrected chi connectivity index (χ1v) is 9.96. The van der Waals surface area contributed by atoms with E-state index in [4.69, 9.17) is 0 Å². The molecule has 0 unspecified atom stereocenters. The Balaban J connectivity index is 1.70. The lowest BCUT2D eigenvalue weighted by atomic mass is 9.95. The maximum atomic E-state index is 13.0. The van der Waals surface area contributed by atoms with E-state index in [2.05, 4.69) is 29.0 Å². The maximum absolute atomic E-state index is 13.0. The van der Waals surface area contributed by atoms with Gasteiger partial charge in [-0.15, -0.1) is 11.3 Å². The molecule has 0 N–H and O–H groups in total. The van der Waals surface area contributed by atoms with Gasteiger partial charge >= 0.3 is 0 Å². The highest BCUT2D eigenvalue weighted by Crippen LogP contribution is 2.24. The number of rotatable bonds is 4. The fourth-order valence-corrected chi connectivity index (χ4v) is 4.38. The van der Waals surface area contributed by atoms with Gasteiger partial charge in [-0.25, -0.2) is 0 Å². The van der Waals surface area contributed by atoms with Crippen molar-refractivity contribution >= 4 is 23.2 Å². The van der Waals surface area contributed by atoms with Gasteiger partial charge in [-0.05, 0) is 44.2 Å². The zero-order valence-corrected chi connectivity index (χ0v) is 16.8. The van der Waals surface area contributed by atoms with Gasteiger partial charge in [0.2, 0.25) is 5.91 Å². The Morgan fingerprint density at radius 1 is 1.23 bits per heavy atom. The van der Waals surface area contributed by atoms with Crippen molar-refractivity contribution < 1.29 is 9.59 Å². The highest BCUT2D eigenvalue weighted by atomic mass is 32.1. The maximum Gasteiger partial charge on any atom is 0.255 e. The summed E-state index contributed by atoms with van der Waals surface area (Å²) in [4.78, 5) is 30.0. The van der Waals surface area contributed by atoms with Crippen molar-refractivity contribution in [2.75, 3.05) is 27.2 Å². The van der Waals surface area contributed by atoms with E-state index in [-0.39, 0.29) is 17.7 Å². The number of likely N-dealkylation sites (tertiary alicyclic amines) is 1. The first-order valence-electron chi connectivity index (χ1n) is 9.08. The summed E-state index contributed by atoms with van der Waals surface area (Å²) in [7, 11) is 3.59. The summed E-state index contributed by atoms with van der Waals surface area (Å²) in [5, 5.41) is 2.08. The van der Waals surface area contributed by atoms with Crippen LogP contribution < -0.4 is 0 Å². The molecule has 2 aromatic rings. The van der Waals surface area contributed by atoms with E-state index in [0.29, 0.717) is 13.1 Å². The smallest absolute Gasteiger partial charge is 0.255 e. The first kappa shape index (κ1) is 18.7. The van der Waals surface area contributed by atoms with Crippen LogP contribution in [0.15, 0.2) is 23.6 Å². The monoisotopic (exact) mass is 373 g/mol. The number of thiophene rings is 1. The average Bonchev–Trinajstić information content (AvgIpc) is 3.24. The number of aryl methyl sites for hydroxylation is 1. The van der Waals surface area contributed by atoms with Crippen LogP contribution in [0.1, 0.15) is 39.5 Å². The number of aromatic nitrogens is 1. The normalized spacial score (nSPS) is 15.3. The Hall–Kier alpha value is -2.08. The fraction of sp³-hybridized carbons (Fsp3) is 0.500. The first-order chi connectivity index (χ1) is 12.4. The molecule has 5 nitrogen and oxygen atoms in total. The number of nitrogens with zero attached hydrogens (tertiary/aromatic N) is 3. The Morgan fingerprint density at radius 3 is 2.50 bits per heavy atom. The molecule has 0 radical (unpaired) electrons. The molecule has 0 spiro atoms. The summed E-state index contributed by atoms with van der Waals surface area (Å²) in [5.41, 5.74) is 2.92. The molecule has 6 heteroatoms. The molecule has 1 fully saturated rings. The van der Waals surface area contributed by atoms with Gasteiger partial charge in [-0.2, -0.15) is 0 Å². The molecule has 0 atom stereocenters. The molecule has 26 heavy (non-hydrogen) atoms. The molecule has 0 aromatic carbocycles. The lowest BCUT2D eigenvalue weighted by Gasteiger charge is -2.32. The third-order valence-corrected chi connectivity index (χ3v) is 6.13. The topological polar surface area (TPSA) is 45.6 Å². The van der Waals surface area contributed by atoms with Crippen LogP contribution in [0.5, 0.6) is 0 Å². The molecular weight excluding hydrogens is 346 g/mol. The number of carbonyl (C=O) groups is 2. The Morgan fingerprint density at radius 2 is 1.92 bits per heavy atom. The highest BCUT2D eigenvalue weighted by molar-refractivity contribution is 7.09. The number of amides is 2. The van der Waals surface area contributed by atoms with Crippen molar-refractivity contribution in [3.8, 4) is 0 Å². The van der Waals surface area contributed by atoms with Crippen LogP contribution in [-0.4, -0.2) is 53.4 Å². The molecule has 1 aliphatic rings. The van der Waals surface area contributed by atoms with Crippen LogP contribution in [0.2, 0.25) is 0 Å². The van der Waals surface area contributed by atoms with E-state index in [0.717, 1.165) is 36.3 Å². The average molecular weight is 374 g/mol. The van der Waals surface area contributed by atoms with E-state index in [9.17, 15) is 9.59 Å². The minimum Gasteiger partial charge on any atom is -0.349 e. The van der Waals surface area contributed by atoms with E-state index >= 15 is 0 Å². The lowest BCUT2D eigenvalue weighted by Crippen LogP contribution is -2.42. The van der Waals surface area contributed by atoms with Crippen molar-refractivity contribution in [1.29, 1.82) is 0 Å². The van der Waals surface area contributed by atoms with Crippen molar-refractivity contribution in [3.63, 3.8) is 0 Å². The summed E-state index contributed by atoms with van der Waals surface area (Å²) in [6, 6.07) is 6.18. The van der Waals surface area contributed by atoms with Crippen molar-refractivity contribution in [2.45, 2.75) is 33.2 Å². The molecule has 140 valence electrons. The molecule has 2 amide bonds. The number of piperidine rings is 1. The molecule has 0 saturated carbocycles. The lowest BCUT2D eigenvalue weighted by molar-refractivity contribution is -0.134. The summed E-state index contributed by atoms with van der Waals surface area (Å²) < 4.78 is 2.21. The molecular formula is C20H27N3O2S. The molecule has 3 rings (SSSR count). The molecule has 1 saturated heterocycles. The van der Waals surface area contributed by atoms with Gasteiger partial charge in [0.1, 0.15) is 0 Å². The Kier molecular flexibility index (Phi) is 5.51. The second kappa shape index (κ2) is 7.66. The van der Waals surface area contributed by atoms with Crippen LogP contribution in [0.4, 0.5) is 0 Å². The predicted molar refractivity (Wildman–Crippen MR) is 105 cm³/mol. The number of carbonyl (C=O) groups excluding carboxylic acids is 2. The zero-order chi connectivity index (χ0) is 18.8. The van der Waals surface area contributed by atoms with Gasteiger partial charge in [0.05, 0.1) is 12.1 Å². The van der Waals surface area contributed by atoms with Crippen LogP contribution in [0, 0.1) is 19.8 Å². The quantitative estimate of drug-likeness (QED) is 0.826. The van der Waals surface area contributed by atoms with Crippen LogP contribution in [-0.2, 0) is 11.3 Å². The van der Waals surface area contributed by atoms with Gasteiger partial charge in [0, 0.05) is 49.4 Å². The second-order valence-electron chi connectivity index (χ2n) is 7.25. The van der Waals surface area contributed by atoms with E-state index in [1.807, 2.05) is 17.9 Å². The van der Waals surface area contributed by atoms with E-state index in [1.54, 1.807) is 30.3 Å². The third-order valence-electron chi connectivity index (χ3n) is 5.27. The van der Waals surface area contributed by atoms with Crippen molar-refractivity contribution in [2.24, 2.45) is 5.92 Å². The summed E-state index contributed by atoms with van der Waals surface area (Å²) in [6.45, 7) is 6.19. The predicted octanol–water partition coefficient (Wildman–Crippen LogP) is 3.16. The Bertz CT molecular complexity index is 784. The standard InChI is InChI=1S/C20H27N3O2S/c1-14-12-18(15(2)23(14)13-17-6-5-11-26-17)20(25)22-9-7-16(8-10-22)19(24)21(3)4/h5-6,11-12,16H,7-10,13H2,1-4H3. The number of hydrogen-bond acceptors (Lipinski definition) is 3. The van der Waals surface area contributed by atoms with Gasteiger partial charge in [-0.1, -0.05) is 6.07 Å². The third kappa shape index (κ3) is 3.70. The van der Waals surface area contributed by atoms with E-state index < -0.39 is 0 Å². The van der Waals surface area contributed by atoms with Crippen molar-refractivity contribution in [3.05, 3.63) is 45.4 Å². The summed E-state index contributed by atoms with van der Waals surface area (Å²) >= 11 is 1.73. The highest BCUT2D eigenvalue weighted by Gasteiger charge is 2.30. The van der Waals surface area contributed by atoms with Gasteiger partial charge in [0.25, 0.3) is 5.91 Å². The van der Waals surface area contributed by atoms with E-state index in [1.165, 1.54) is 4.88 Å². The molecule has 3 heterocycles. The van der Waals surface area contributed by atoms with Crippen LogP contribution in [0.25, 0.3) is 0 Å². The minimum atomic E-state index is 0.0420. The van der Waals surface area contributed by atoms with Crippen LogP contribution in [0.3, 0.4) is 0 Å². The molecule has 2 aromatic heterocycles.